The smallest absolute Gasteiger partial charge is 0.128 e. The van der Waals surface area contributed by atoms with E-state index in [4.69, 9.17) is 11.6 Å². The highest BCUT2D eigenvalue weighted by molar-refractivity contribution is 6.17. The van der Waals surface area contributed by atoms with Crippen molar-refractivity contribution in [3.05, 3.63) is 29.3 Å². The number of alkyl halides is 1. The predicted molar refractivity (Wildman–Crippen MR) is 76.2 cm³/mol. The van der Waals surface area contributed by atoms with Gasteiger partial charge in [0.25, 0.3) is 0 Å². The molecule has 1 aromatic carbocycles. The normalized spacial score (nSPS) is 15.3. The zero-order valence-electron chi connectivity index (χ0n) is 11.1. The van der Waals surface area contributed by atoms with Gasteiger partial charge in [-0.2, -0.15) is 0 Å². The Morgan fingerprint density at radius 1 is 1.42 bits per heavy atom. The monoisotopic (exact) mass is 280 g/mol. The molecule has 0 amide bonds. The second kappa shape index (κ2) is 5.12. The van der Waals surface area contributed by atoms with Crippen molar-refractivity contribution in [2.45, 2.75) is 39.2 Å². The van der Waals surface area contributed by atoms with Crippen LogP contribution in [0.3, 0.4) is 0 Å². The fraction of sp³-hybridized carbons (Fsp3) is 0.533. The Kier molecular flexibility index (Phi) is 3.48. The summed E-state index contributed by atoms with van der Waals surface area (Å²) < 4.78 is 15.8. The van der Waals surface area contributed by atoms with Crippen molar-refractivity contribution in [3.8, 4) is 0 Å². The molecule has 0 atom stereocenters. The number of imidazole rings is 1. The van der Waals surface area contributed by atoms with Crippen molar-refractivity contribution >= 4 is 22.6 Å². The third-order valence-electron chi connectivity index (χ3n) is 3.88. The number of aryl methyl sites for hydroxylation is 3. The lowest BCUT2D eigenvalue weighted by atomic mass is 10.2. The first-order chi connectivity index (χ1) is 9.19. The van der Waals surface area contributed by atoms with Crippen molar-refractivity contribution in [1.82, 2.24) is 9.55 Å². The predicted octanol–water partition coefficient (Wildman–Crippen LogP) is 4.07. The molecule has 0 spiro atoms. The van der Waals surface area contributed by atoms with Crippen LogP contribution in [-0.2, 0) is 13.0 Å². The average Bonchev–Trinajstić information content (AvgIpc) is 3.14. The molecule has 1 fully saturated rings. The van der Waals surface area contributed by atoms with Crippen LogP contribution in [-0.4, -0.2) is 15.4 Å². The Bertz CT molecular complexity index is 602. The van der Waals surface area contributed by atoms with Gasteiger partial charge in [-0.05, 0) is 30.9 Å². The number of halogens is 2. The van der Waals surface area contributed by atoms with Gasteiger partial charge in [0.2, 0.25) is 0 Å². The quantitative estimate of drug-likeness (QED) is 0.755. The topological polar surface area (TPSA) is 17.8 Å². The third-order valence-corrected chi connectivity index (χ3v) is 4.07. The van der Waals surface area contributed by atoms with E-state index >= 15 is 0 Å². The van der Waals surface area contributed by atoms with Crippen LogP contribution >= 0.6 is 11.6 Å². The summed E-state index contributed by atoms with van der Waals surface area (Å²) in [5.74, 6) is 2.23. The zero-order chi connectivity index (χ0) is 13.4. The molecule has 2 aromatic rings. The molecule has 0 radical (unpaired) electrons. The van der Waals surface area contributed by atoms with E-state index in [9.17, 15) is 4.39 Å². The van der Waals surface area contributed by atoms with Gasteiger partial charge < -0.3 is 4.57 Å². The maximum absolute atomic E-state index is 13.6. The van der Waals surface area contributed by atoms with E-state index in [1.54, 1.807) is 6.92 Å². The fourth-order valence-corrected chi connectivity index (χ4v) is 2.71. The Balaban J connectivity index is 2.02. The standard InChI is InChI=1S/C15H18ClFN2/c1-10-8-14-13(9-12(10)17)18-15(4-6-16)19(14)7-5-11-2-3-11/h8-9,11H,2-7H2,1H3. The summed E-state index contributed by atoms with van der Waals surface area (Å²) in [5.41, 5.74) is 2.47. The Morgan fingerprint density at radius 2 is 2.21 bits per heavy atom. The molecule has 0 aliphatic heterocycles. The second-order valence-electron chi connectivity index (χ2n) is 5.44. The lowest BCUT2D eigenvalue weighted by Gasteiger charge is -2.08. The van der Waals surface area contributed by atoms with E-state index in [0.29, 0.717) is 11.4 Å². The minimum absolute atomic E-state index is 0.184. The number of fused-ring (bicyclic) bond motifs is 1. The molecule has 3 rings (SSSR count). The van der Waals surface area contributed by atoms with Crippen LogP contribution < -0.4 is 0 Å². The van der Waals surface area contributed by atoms with Crippen molar-refractivity contribution in [2.75, 3.05) is 5.88 Å². The summed E-state index contributed by atoms with van der Waals surface area (Å²) in [4.78, 5) is 4.54. The molecule has 2 nitrogen and oxygen atoms in total. The van der Waals surface area contributed by atoms with Gasteiger partial charge in [0.05, 0.1) is 11.0 Å². The minimum atomic E-state index is -0.184. The maximum atomic E-state index is 13.6. The molecular formula is C15H18ClFN2. The number of aromatic nitrogens is 2. The lowest BCUT2D eigenvalue weighted by molar-refractivity contribution is 0.588. The van der Waals surface area contributed by atoms with Crippen LogP contribution in [0.1, 0.15) is 30.7 Å². The molecule has 0 N–H and O–H groups in total. The maximum Gasteiger partial charge on any atom is 0.128 e. The first-order valence-corrected chi connectivity index (χ1v) is 7.43. The van der Waals surface area contributed by atoms with Crippen molar-refractivity contribution < 1.29 is 4.39 Å². The van der Waals surface area contributed by atoms with E-state index in [1.807, 2.05) is 6.07 Å². The lowest BCUT2D eigenvalue weighted by Crippen LogP contribution is -2.05. The number of benzene rings is 1. The second-order valence-corrected chi connectivity index (χ2v) is 5.82. The SMILES string of the molecule is Cc1cc2c(cc1F)nc(CCCl)n2CCC1CC1. The van der Waals surface area contributed by atoms with E-state index in [2.05, 4.69) is 9.55 Å². The first-order valence-electron chi connectivity index (χ1n) is 6.90. The van der Waals surface area contributed by atoms with Crippen LogP contribution in [0.4, 0.5) is 4.39 Å². The van der Waals surface area contributed by atoms with Gasteiger partial charge in [-0.1, -0.05) is 12.8 Å². The van der Waals surface area contributed by atoms with Gasteiger partial charge in [0.15, 0.2) is 0 Å². The van der Waals surface area contributed by atoms with Crippen LogP contribution in [0.25, 0.3) is 11.0 Å². The summed E-state index contributed by atoms with van der Waals surface area (Å²) in [6.07, 6.45) is 4.63. The Morgan fingerprint density at radius 3 is 2.89 bits per heavy atom. The molecule has 102 valence electrons. The fourth-order valence-electron chi connectivity index (χ4n) is 2.54. The molecule has 1 heterocycles. The third kappa shape index (κ3) is 2.62. The first kappa shape index (κ1) is 12.9. The molecule has 1 saturated carbocycles. The van der Waals surface area contributed by atoms with Crippen molar-refractivity contribution in [3.63, 3.8) is 0 Å². The summed E-state index contributed by atoms with van der Waals surface area (Å²) in [5, 5.41) is 0. The summed E-state index contributed by atoms with van der Waals surface area (Å²) >= 11 is 5.85. The number of nitrogens with zero attached hydrogens (tertiary/aromatic N) is 2. The van der Waals surface area contributed by atoms with E-state index in [-0.39, 0.29) is 5.82 Å². The summed E-state index contributed by atoms with van der Waals surface area (Å²) in [6, 6.07) is 3.44. The van der Waals surface area contributed by atoms with Crippen LogP contribution in [0.15, 0.2) is 12.1 Å². The largest absolute Gasteiger partial charge is 0.328 e. The van der Waals surface area contributed by atoms with E-state index in [0.717, 1.165) is 35.7 Å². The highest BCUT2D eigenvalue weighted by Gasteiger charge is 2.22. The molecule has 19 heavy (non-hydrogen) atoms. The van der Waals surface area contributed by atoms with Gasteiger partial charge in [0.1, 0.15) is 11.6 Å². The molecule has 0 unspecified atom stereocenters. The molecule has 4 heteroatoms. The molecule has 1 aliphatic carbocycles. The van der Waals surface area contributed by atoms with Gasteiger partial charge in [-0.3, -0.25) is 0 Å². The highest BCUT2D eigenvalue weighted by Crippen LogP contribution is 2.33. The van der Waals surface area contributed by atoms with Gasteiger partial charge >= 0.3 is 0 Å². The van der Waals surface area contributed by atoms with Gasteiger partial charge in [-0.15, -0.1) is 11.6 Å². The van der Waals surface area contributed by atoms with Crippen molar-refractivity contribution in [1.29, 1.82) is 0 Å². The molecule has 1 aliphatic rings. The number of rotatable bonds is 5. The summed E-state index contributed by atoms with van der Waals surface area (Å²) in [6.45, 7) is 2.77. The Hall–Kier alpha value is -1.09. The van der Waals surface area contributed by atoms with E-state index in [1.165, 1.54) is 25.3 Å². The average molecular weight is 281 g/mol. The number of hydrogen-bond donors (Lipinski definition) is 0. The van der Waals surface area contributed by atoms with Crippen LogP contribution in [0.5, 0.6) is 0 Å². The number of hydrogen-bond acceptors (Lipinski definition) is 1. The zero-order valence-corrected chi connectivity index (χ0v) is 11.9. The molecule has 1 aromatic heterocycles. The van der Waals surface area contributed by atoms with Crippen LogP contribution in [0.2, 0.25) is 0 Å². The Labute approximate surface area is 117 Å². The summed E-state index contributed by atoms with van der Waals surface area (Å²) in [7, 11) is 0. The highest BCUT2D eigenvalue weighted by atomic mass is 35.5. The minimum Gasteiger partial charge on any atom is -0.328 e. The molecule has 0 bridgehead atoms. The molecule has 0 saturated heterocycles. The van der Waals surface area contributed by atoms with E-state index < -0.39 is 0 Å². The van der Waals surface area contributed by atoms with Crippen molar-refractivity contribution in [2.24, 2.45) is 5.92 Å². The molecular weight excluding hydrogens is 263 g/mol. The van der Waals surface area contributed by atoms with Gasteiger partial charge in [-0.25, -0.2) is 9.37 Å². The van der Waals surface area contributed by atoms with Crippen LogP contribution in [0, 0.1) is 18.7 Å². The van der Waals surface area contributed by atoms with Gasteiger partial charge in [0, 0.05) is 24.9 Å².